The Balaban J connectivity index is 0.00000243. The van der Waals surface area contributed by atoms with E-state index in [1.807, 2.05) is 6.07 Å². The Labute approximate surface area is 174 Å². The van der Waals surface area contributed by atoms with Crippen molar-refractivity contribution in [2.24, 2.45) is 0 Å². The molecule has 0 unspecified atom stereocenters. The number of fused-ring (bicyclic) bond motifs is 1. The topological polar surface area (TPSA) is 19.4 Å². The fourth-order valence-electron chi connectivity index (χ4n) is 3.18. The molecule has 0 radical (unpaired) electrons. The molecule has 0 saturated carbocycles. The smallest absolute Gasteiger partial charge is 0.133 e. The van der Waals surface area contributed by atoms with Gasteiger partial charge in [0.05, 0.1) is 5.52 Å². The third kappa shape index (κ3) is 5.17. The summed E-state index contributed by atoms with van der Waals surface area (Å²) in [6, 6.07) is 23.2. The third-order valence-electron chi connectivity index (χ3n) is 4.68. The van der Waals surface area contributed by atoms with Crippen molar-refractivity contribution in [1.29, 1.82) is 0 Å². The van der Waals surface area contributed by atoms with Crippen LogP contribution in [-0.2, 0) is 0 Å². The molecule has 0 amide bonds. The van der Waals surface area contributed by atoms with Gasteiger partial charge in [0.15, 0.2) is 0 Å². The number of pyridine rings is 1. The highest BCUT2D eigenvalue weighted by Gasteiger charge is 2.11. The van der Waals surface area contributed by atoms with Crippen LogP contribution in [0.2, 0.25) is 0 Å². The van der Waals surface area contributed by atoms with Gasteiger partial charge in [-0.05, 0) is 56.4 Å². The van der Waals surface area contributed by atoms with E-state index in [1.54, 1.807) is 0 Å². The van der Waals surface area contributed by atoms with Gasteiger partial charge in [0.25, 0.3) is 0 Å². The zero-order valence-electron chi connectivity index (χ0n) is 15.6. The Morgan fingerprint density at radius 1 is 0.769 bits per heavy atom. The zero-order chi connectivity index (χ0) is 17.5. The molecule has 0 fully saturated rings. The Morgan fingerprint density at radius 3 is 2.19 bits per heavy atom. The summed E-state index contributed by atoms with van der Waals surface area (Å²) >= 11 is 0. The normalized spacial score (nSPS) is 10.7. The molecule has 3 rings (SSSR count). The van der Waals surface area contributed by atoms with Crippen LogP contribution in [0.25, 0.3) is 10.9 Å². The number of anilines is 2. The molecule has 1 aromatic heterocycles. The number of halogens is 1. The van der Waals surface area contributed by atoms with Gasteiger partial charge in [-0.3, -0.25) is 0 Å². The lowest BCUT2D eigenvalue weighted by Gasteiger charge is -2.26. The Bertz CT molecular complexity index is 788. The molecule has 0 aliphatic carbocycles. The molecular weight excluding hydrogens is 433 g/mol. The molecule has 1 heterocycles. The lowest BCUT2D eigenvalue weighted by molar-refractivity contribution is 0.301. The molecule has 0 aliphatic heterocycles. The van der Waals surface area contributed by atoms with E-state index < -0.39 is 0 Å². The highest BCUT2D eigenvalue weighted by molar-refractivity contribution is 14.0. The maximum Gasteiger partial charge on any atom is 0.133 e. The number of aromatic nitrogens is 1. The van der Waals surface area contributed by atoms with Crippen molar-refractivity contribution in [2.45, 2.75) is 20.3 Å². The molecule has 0 aliphatic rings. The van der Waals surface area contributed by atoms with Gasteiger partial charge in [0.1, 0.15) is 5.82 Å². The maximum absolute atomic E-state index is 4.90. The minimum Gasteiger partial charge on any atom is -0.326 e. The van der Waals surface area contributed by atoms with Gasteiger partial charge in [-0.25, -0.2) is 4.98 Å². The fourth-order valence-corrected chi connectivity index (χ4v) is 3.18. The summed E-state index contributed by atoms with van der Waals surface area (Å²) in [6.07, 6.45) is 1.12. The first kappa shape index (κ1) is 20.6. The lowest BCUT2D eigenvalue weighted by Crippen LogP contribution is -2.28. The van der Waals surface area contributed by atoms with Gasteiger partial charge in [-0.15, -0.1) is 24.0 Å². The molecule has 3 aromatic rings. The minimum atomic E-state index is 0. The number of hydrogen-bond donors (Lipinski definition) is 0. The summed E-state index contributed by atoms with van der Waals surface area (Å²) in [5.41, 5.74) is 2.24. The highest BCUT2D eigenvalue weighted by atomic mass is 127. The maximum atomic E-state index is 4.90. The first-order chi connectivity index (χ1) is 12.3. The average molecular weight is 461 g/mol. The monoisotopic (exact) mass is 461 g/mol. The van der Waals surface area contributed by atoms with Crippen LogP contribution in [-0.4, -0.2) is 36.1 Å². The van der Waals surface area contributed by atoms with Gasteiger partial charge >= 0.3 is 0 Å². The van der Waals surface area contributed by atoms with Crippen LogP contribution in [0.3, 0.4) is 0 Å². The average Bonchev–Trinajstić information content (AvgIpc) is 2.68. The number of nitrogens with zero attached hydrogens (tertiary/aromatic N) is 3. The van der Waals surface area contributed by atoms with E-state index in [1.165, 1.54) is 11.1 Å². The summed E-state index contributed by atoms with van der Waals surface area (Å²) in [6.45, 7) is 8.74. The summed E-state index contributed by atoms with van der Waals surface area (Å²) in [5.74, 6) is 1.02. The van der Waals surface area contributed by atoms with Crippen LogP contribution < -0.4 is 4.90 Å². The van der Waals surface area contributed by atoms with E-state index in [-0.39, 0.29) is 24.0 Å². The summed E-state index contributed by atoms with van der Waals surface area (Å²) in [4.78, 5) is 9.70. The number of para-hydroxylation sites is 2. The quantitative estimate of drug-likeness (QED) is 0.400. The van der Waals surface area contributed by atoms with Gasteiger partial charge < -0.3 is 9.80 Å². The SMILES string of the molecule is CCN(CC)CCCN(c1ccccc1)c1ccc2ccccc2n1.I. The van der Waals surface area contributed by atoms with Crippen molar-refractivity contribution in [3.63, 3.8) is 0 Å². The van der Waals surface area contributed by atoms with E-state index in [4.69, 9.17) is 4.98 Å². The summed E-state index contributed by atoms with van der Waals surface area (Å²) in [7, 11) is 0. The van der Waals surface area contributed by atoms with Crippen molar-refractivity contribution < 1.29 is 0 Å². The van der Waals surface area contributed by atoms with Crippen LogP contribution in [0.5, 0.6) is 0 Å². The van der Waals surface area contributed by atoms with E-state index in [0.29, 0.717) is 0 Å². The largest absolute Gasteiger partial charge is 0.326 e. The van der Waals surface area contributed by atoms with Crippen molar-refractivity contribution in [3.8, 4) is 0 Å². The van der Waals surface area contributed by atoms with Gasteiger partial charge in [-0.2, -0.15) is 0 Å². The lowest BCUT2D eigenvalue weighted by atomic mass is 10.2. The van der Waals surface area contributed by atoms with Crippen molar-refractivity contribution >= 4 is 46.4 Å². The summed E-state index contributed by atoms with van der Waals surface area (Å²) < 4.78 is 0. The first-order valence-corrected chi connectivity index (χ1v) is 9.22. The molecule has 138 valence electrons. The van der Waals surface area contributed by atoms with Gasteiger partial charge in [-0.1, -0.05) is 50.2 Å². The van der Waals surface area contributed by atoms with Crippen molar-refractivity contribution in [3.05, 3.63) is 66.7 Å². The minimum absolute atomic E-state index is 0. The Morgan fingerprint density at radius 2 is 1.46 bits per heavy atom. The van der Waals surface area contributed by atoms with Crippen molar-refractivity contribution in [1.82, 2.24) is 9.88 Å². The molecule has 3 nitrogen and oxygen atoms in total. The van der Waals surface area contributed by atoms with E-state index in [9.17, 15) is 0 Å². The Kier molecular flexibility index (Phi) is 8.32. The van der Waals surface area contributed by atoms with Gasteiger partial charge in [0.2, 0.25) is 0 Å². The highest BCUT2D eigenvalue weighted by Crippen LogP contribution is 2.25. The molecule has 2 aromatic carbocycles. The Hall–Kier alpha value is -1.66. The molecule has 0 N–H and O–H groups in total. The first-order valence-electron chi connectivity index (χ1n) is 9.22. The van der Waals surface area contributed by atoms with E-state index in [2.05, 4.69) is 84.3 Å². The molecule has 26 heavy (non-hydrogen) atoms. The zero-order valence-corrected chi connectivity index (χ0v) is 18.0. The van der Waals surface area contributed by atoms with E-state index in [0.717, 1.165) is 43.9 Å². The number of hydrogen-bond acceptors (Lipinski definition) is 3. The second kappa shape index (κ2) is 10.5. The third-order valence-corrected chi connectivity index (χ3v) is 4.68. The van der Waals surface area contributed by atoms with Crippen LogP contribution in [0, 0.1) is 0 Å². The van der Waals surface area contributed by atoms with Crippen LogP contribution in [0.15, 0.2) is 66.7 Å². The standard InChI is InChI=1S/C22H27N3.HI/c1-3-24(4-2)17-10-18-25(20-12-6-5-7-13-20)22-16-15-19-11-8-9-14-21(19)23-22;/h5-9,11-16H,3-4,10,17-18H2,1-2H3;1H. The van der Waals surface area contributed by atoms with Crippen LogP contribution in [0.4, 0.5) is 11.5 Å². The van der Waals surface area contributed by atoms with Crippen molar-refractivity contribution in [2.75, 3.05) is 31.1 Å². The summed E-state index contributed by atoms with van der Waals surface area (Å²) in [5, 5.41) is 1.18. The van der Waals surface area contributed by atoms with Crippen LogP contribution >= 0.6 is 24.0 Å². The number of benzene rings is 2. The molecule has 0 saturated heterocycles. The predicted octanol–water partition coefficient (Wildman–Crippen LogP) is 5.72. The second-order valence-electron chi connectivity index (χ2n) is 6.23. The fraction of sp³-hybridized carbons (Fsp3) is 0.318. The van der Waals surface area contributed by atoms with E-state index >= 15 is 0 Å². The molecular formula is C22H28IN3. The molecule has 0 atom stereocenters. The molecule has 0 bridgehead atoms. The van der Waals surface area contributed by atoms with Crippen LogP contribution in [0.1, 0.15) is 20.3 Å². The molecule has 0 spiro atoms. The number of rotatable bonds is 8. The van der Waals surface area contributed by atoms with Gasteiger partial charge in [0, 0.05) is 17.6 Å². The second-order valence-corrected chi connectivity index (χ2v) is 6.23. The molecule has 4 heteroatoms. The predicted molar refractivity (Wildman–Crippen MR) is 123 cm³/mol.